The highest BCUT2D eigenvalue weighted by Gasteiger charge is 2.31. The van der Waals surface area contributed by atoms with Gasteiger partial charge in [-0.15, -0.1) is 0 Å². The zero-order chi connectivity index (χ0) is 14.5. The lowest BCUT2D eigenvalue weighted by molar-refractivity contribution is -0.145. The molecule has 1 atom stereocenters. The number of piperidine rings is 1. The van der Waals surface area contributed by atoms with Gasteiger partial charge in [0.25, 0.3) is 0 Å². The summed E-state index contributed by atoms with van der Waals surface area (Å²) in [5, 5.41) is 9.31. The Bertz CT molecular complexity index is 534. The highest BCUT2D eigenvalue weighted by Crippen LogP contribution is 2.31. The average Bonchev–Trinajstić information content (AvgIpc) is 2.47. The van der Waals surface area contributed by atoms with Crippen molar-refractivity contribution in [3.05, 3.63) is 29.3 Å². The van der Waals surface area contributed by atoms with Crippen molar-refractivity contribution in [2.24, 2.45) is 0 Å². The molecule has 1 unspecified atom stereocenters. The molecule has 1 aromatic rings. The van der Waals surface area contributed by atoms with Crippen molar-refractivity contribution in [1.82, 2.24) is 0 Å². The van der Waals surface area contributed by atoms with Crippen molar-refractivity contribution in [3.8, 4) is 6.07 Å². The predicted octanol–water partition coefficient (Wildman–Crippen LogP) is 2.79. The smallest absolute Gasteiger partial charge is 0.328 e. The monoisotopic (exact) mass is 272 g/mol. The molecule has 1 saturated heterocycles. The van der Waals surface area contributed by atoms with Crippen LogP contribution in [0.4, 0.5) is 5.69 Å². The first kappa shape index (κ1) is 14.4. The number of hydrogen-bond acceptors (Lipinski definition) is 4. The molecule has 1 aliphatic heterocycles. The summed E-state index contributed by atoms with van der Waals surface area (Å²) in [5.41, 5.74) is 2.54. The summed E-state index contributed by atoms with van der Waals surface area (Å²) in [6, 6.07) is 7.62. The van der Waals surface area contributed by atoms with Crippen LogP contribution in [0.5, 0.6) is 0 Å². The fourth-order valence-electron chi connectivity index (χ4n) is 2.81. The normalized spacial score (nSPS) is 18.4. The Morgan fingerprint density at radius 1 is 1.50 bits per heavy atom. The second kappa shape index (κ2) is 6.42. The summed E-state index contributed by atoms with van der Waals surface area (Å²) < 4.78 is 5.18. The molecule has 0 aliphatic carbocycles. The summed E-state index contributed by atoms with van der Waals surface area (Å²) >= 11 is 0. The lowest BCUT2D eigenvalue weighted by Crippen LogP contribution is -2.46. The molecule has 1 fully saturated rings. The highest BCUT2D eigenvalue weighted by atomic mass is 16.5. The van der Waals surface area contributed by atoms with Gasteiger partial charge in [0, 0.05) is 6.54 Å². The first-order chi connectivity index (χ1) is 9.69. The number of nitriles is 1. The number of carbonyl (C=O) groups excluding carboxylic acids is 1. The maximum absolute atomic E-state index is 12.1. The summed E-state index contributed by atoms with van der Waals surface area (Å²) in [6.45, 7) is 4.98. The van der Waals surface area contributed by atoms with Crippen molar-refractivity contribution in [1.29, 1.82) is 5.26 Å². The van der Waals surface area contributed by atoms with Crippen LogP contribution in [0.3, 0.4) is 0 Å². The van der Waals surface area contributed by atoms with Gasteiger partial charge in [0.05, 0.1) is 17.9 Å². The maximum atomic E-state index is 12.1. The quantitative estimate of drug-likeness (QED) is 0.794. The summed E-state index contributed by atoms with van der Waals surface area (Å²) in [5.74, 6) is -0.181. The van der Waals surface area contributed by atoms with Crippen LogP contribution in [-0.4, -0.2) is 25.2 Å². The van der Waals surface area contributed by atoms with E-state index in [-0.39, 0.29) is 12.0 Å². The van der Waals surface area contributed by atoms with Crippen LogP contribution in [0.15, 0.2) is 18.2 Å². The second-order valence-corrected chi connectivity index (χ2v) is 5.04. The number of carbonyl (C=O) groups is 1. The Labute approximate surface area is 120 Å². The van der Waals surface area contributed by atoms with Gasteiger partial charge in [-0.3, -0.25) is 0 Å². The van der Waals surface area contributed by atoms with Crippen LogP contribution < -0.4 is 4.90 Å². The molecule has 0 bridgehead atoms. The van der Waals surface area contributed by atoms with E-state index >= 15 is 0 Å². The summed E-state index contributed by atoms with van der Waals surface area (Å²) in [4.78, 5) is 14.2. The zero-order valence-electron chi connectivity index (χ0n) is 12.1. The van der Waals surface area contributed by atoms with Crippen LogP contribution in [0, 0.1) is 18.3 Å². The first-order valence-electron chi connectivity index (χ1n) is 7.12. The Hall–Kier alpha value is -2.02. The molecule has 0 amide bonds. The van der Waals surface area contributed by atoms with Gasteiger partial charge in [-0.25, -0.2) is 4.79 Å². The molecule has 4 nitrogen and oxygen atoms in total. The number of esters is 1. The third-order valence-corrected chi connectivity index (χ3v) is 3.71. The van der Waals surface area contributed by atoms with Crippen LogP contribution in [-0.2, 0) is 9.53 Å². The first-order valence-corrected chi connectivity index (χ1v) is 7.12. The average molecular weight is 272 g/mol. The Morgan fingerprint density at radius 3 is 3.00 bits per heavy atom. The standard InChI is InChI=1S/C16H20N2O2/c1-3-20-16(19)14-9-4-5-10-18(14)15-12(2)7-6-8-13(15)11-17/h6-8,14H,3-5,9-10H2,1-2H3. The van der Waals surface area contributed by atoms with Crippen LogP contribution in [0.2, 0.25) is 0 Å². The van der Waals surface area contributed by atoms with Crippen molar-refractivity contribution in [2.75, 3.05) is 18.1 Å². The number of nitrogens with zero attached hydrogens (tertiary/aromatic N) is 2. The SMILES string of the molecule is CCOC(=O)C1CCCCN1c1c(C)cccc1C#N. The van der Waals surface area contributed by atoms with E-state index in [0.29, 0.717) is 12.2 Å². The second-order valence-electron chi connectivity index (χ2n) is 5.04. The minimum Gasteiger partial charge on any atom is -0.464 e. The highest BCUT2D eigenvalue weighted by molar-refractivity contribution is 5.82. The largest absolute Gasteiger partial charge is 0.464 e. The zero-order valence-corrected chi connectivity index (χ0v) is 12.1. The van der Waals surface area contributed by atoms with Gasteiger partial charge >= 0.3 is 5.97 Å². The molecule has 1 aromatic carbocycles. The molecule has 0 aromatic heterocycles. The van der Waals surface area contributed by atoms with Gasteiger partial charge in [-0.1, -0.05) is 12.1 Å². The molecule has 106 valence electrons. The molecule has 0 saturated carbocycles. The van der Waals surface area contributed by atoms with Crippen LogP contribution >= 0.6 is 0 Å². The van der Waals surface area contributed by atoms with Crippen LogP contribution in [0.1, 0.15) is 37.3 Å². The van der Waals surface area contributed by atoms with Gasteiger partial charge in [0.1, 0.15) is 12.1 Å². The minimum absolute atomic E-state index is 0.181. The molecule has 1 heterocycles. The fraction of sp³-hybridized carbons (Fsp3) is 0.500. The van der Waals surface area contributed by atoms with E-state index < -0.39 is 0 Å². The van der Waals surface area contributed by atoms with Gasteiger partial charge < -0.3 is 9.64 Å². The Balaban J connectivity index is 2.38. The van der Waals surface area contributed by atoms with E-state index in [0.717, 1.165) is 37.1 Å². The Kier molecular flexibility index (Phi) is 4.62. The van der Waals surface area contributed by atoms with E-state index in [1.807, 2.05) is 26.0 Å². The third kappa shape index (κ3) is 2.77. The number of aryl methyl sites for hydroxylation is 1. The number of ether oxygens (including phenoxy) is 1. The lowest BCUT2D eigenvalue weighted by atomic mass is 9.98. The summed E-state index contributed by atoms with van der Waals surface area (Å²) in [6.07, 6.45) is 2.85. The van der Waals surface area contributed by atoms with E-state index in [4.69, 9.17) is 4.74 Å². The van der Waals surface area contributed by atoms with Crippen molar-refractivity contribution in [2.45, 2.75) is 39.2 Å². The van der Waals surface area contributed by atoms with Crippen molar-refractivity contribution >= 4 is 11.7 Å². The number of anilines is 1. The van der Waals surface area contributed by atoms with Crippen LogP contribution in [0.25, 0.3) is 0 Å². The number of para-hydroxylation sites is 1. The molecular formula is C16H20N2O2. The molecule has 0 spiro atoms. The van der Waals surface area contributed by atoms with Crippen molar-refractivity contribution < 1.29 is 9.53 Å². The lowest BCUT2D eigenvalue weighted by Gasteiger charge is -2.37. The molecule has 0 N–H and O–H groups in total. The van der Waals surface area contributed by atoms with Gasteiger partial charge in [0.15, 0.2) is 0 Å². The summed E-state index contributed by atoms with van der Waals surface area (Å²) in [7, 11) is 0. The minimum atomic E-state index is -0.267. The number of benzene rings is 1. The topological polar surface area (TPSA) is 53.3 Å². The number of hydrogen-bond donors (Lipinski definition) is 0. The number of rotatable bonds is 3. The molecule has 2 rings (SSSR count). The third-order valence-electron chi connectivity index (χ3n) is 3.71. The Morgan fingerprint density at radius 2 is 2.30 bits per heavy atom. The fourth-order valence-corrected chi connectivity index (χ4v) is 2.81. The van der Waals surface area contributed by atoms with Crippen molar-refractivity contribution in [3.63, 3.8) is 0 Å². The van der Waals surface area contributed by atoms with E-state index in [1.54, 1.807) is 6.07 Å². The van der Waals surface area contributed by atoms with Gasteiger partial charge in [-0.2, -0.15) is 5.26 Å². The van der Waals surface area contributed by atoms with Gasteiger partial charge in [0.2, 0.25) is 0 Å². The molecule has 4 heteroatoms. The van der Waals surface area contributed by atoms with E-state index in [1.165, 1.54) is 0 Å². The van der Waals surface area contributed by atoms with E-state index in [9.17, 15) is 10.1 Å². The van der Waals surface area contributed by atoms with Gasteiger partial charge in [-0.05, 0) is 44.7 Å². The van der Waals surface area contributed by atoms with E-state index in [2.05, 4.69) is 11.0 Å². The molecule has 0 radical (unpaired) electrons. The molecule has 1 aliphatic rings. The molecule has 20 heavy (non-hydrogen) atoms. The molecular weight excluding hydrogens is 252 g/mol. The maximum Gasteiger partial charge on any atom is 0.328 e. The predicted molar refractivity (Wildman–Crippen MR) is 77.5 cm³/mol.